The third kappa shape index (κ3) is 2.44. The smallest absolute Gasteiger partial charge is 0.244 e. The number of pyridine rings is 2. The van der Waals surface area contributed by atoms with Gasteiger partial charge in [0.15, 0.2) is 0 Å². The van der Waals surface area contributed by atoms with Crippen LogP contribution in [-0.4, -0.2) is 35.1 Å². The minimum absolute atomic E-state index is 0.571. The molecule has 0 bridgehead atoms. The second kappa shape index (κ2) is 5.77. The molecule has 118 valence electrons. The molecule has 0 radical (unpaired) electrons. The number of hydrogen-bond acceptors (Lipinski definition) is 6. The average Bonchev–Trinajstić information content (AvgIpc) is 2.55. The van der Waals surface area contributed by atoms with E-state index in [0.717, 1.165) is 11.1 Å². The van der Waals surface area contributed by atoms with Crippen LogP contribution in [0.4, 0.5) is 0 Å². The highest BCUT2D eigenvalue weighted by molar-refractivity contribution is 5.86. The zero-order chi connectivity index (χ0) is 16.6. The van der Waals surface area contributed by atoms with Crippen molar-refractivity contribution in [3.8, 4) is 5.75 Å². The SMILES string of the molecule is COc1cncc(C2=c3ncccc3=NC(C(N)=O)C2N)c1C. The maximum absolute atomic E-state index is 11.7. The average molecular weight is 311 g/mol. The summed E-state index contributed by atoms with van der Waals surface area (Å²) in [5, 5.41) is 1.23. The van der Waals surface area contributed by atoms with Gasteiger partial charge in [-0.15, -0.1) is 0 Å². The van der Waals surface area contributed by atoms with E-state index in [2.05, 4.69) is 15.0 Å². The van der Waals surface area contributed by atoms with Gasteiger partial charge in [0, 0.05) is 29.1 Å². The van der Waals surface area contributed by atoms with Crippen LogP contribution in [0.2, 0.25) is 0 Å². The van der Waals surface area contributed by atoms with Crippen molar-refractivity contribution in [2.45, 2.75) is 19.0 Å². The summed E-state index contributed by atoms with van der Waals surface area (Å²) in [6, 6.07) is 2.01. The number of carbonyl (C=O) groups excluding carboxylic acids is 1. The zero-order valence-corrected chi connectivity index (χ0v) is 12.9. The van der Waals surface area contributed by atoms with Crippen LogP contribution in [0.15, 0.2) is 35.7 Å². The van der Waals surface area contributed by atoms with Gasteiger partial charge in [-0.1, -0.05) is 0 Å². The van der Waals surface area contributed by atoms with Crippen LogP contribution in [0.1, 0.15) is 11.1 Å². The molecular weight excluding hydrogens is 294 g/mol. The predicted octanol–water partition coefficient (Wildman–Crippen LogP) is -1.19. The summed E-state index contributed by atoms with van der Waals surface area (Å²) in [4.78, 5) is 24.7. The molecule has 2 aromatic rings. The molecule has 4 N–H and O–H groups in total. The molecule has 3 rings (SSSR count). The summed E-state index contributed by atoms with van der Waals surface area (Å²) >= 11 is 0. The van der Waals surface area contributed by atoms with Gasteiger partial charge in [-0.05, 0) is 19.1 Å². The van der Waals surface area contributed by atoms with E-state index in [1.807, 2.05) is 6.92 Å². The molecular formula is C16H17N5O2. The monoisotopic (exact) mass is 311 g/mol. The van der Waals surface area contributed by atoms with E-state index < -0.39 is 18.0 Å². The highest BCUT2D eigenvalue weighted by Gasteiger charge is 2.31. The van der Waals surface area contributed by atoms with E-state index >= 15 is 0 Å². The van der Waals surface area contributed by atoms with Crippen molar-refractivity contribution in [2.75, 3.05) is 7.11 Å². The molecule has 0 fully saturated rings. The van der Waals surface area contributed by atoms with Crippen molar-refractivity contribution < 1.29 is 9.53 Å². The number of nitrogens with two attached hydrogens (primary N) is 2. The Morgan fingerprint density at radius 3 is 2.83 bits per heavy atom. The summed E-state index contributed by atoms with van der Waals surface area (Å²) in [5.74, 6) is 0.0656. The number of methoxy groups -OCH3 is 1. The van der Waals surface area contributed by atoms with Crippen LogP contribution in [-0.2, 0) is 4.79 Å². The van der Waals surface area contributed by atoms with Crippen molar-refractivity contribution in [3.05, 3.63) is 52.6 Å². The molecule has 2 aromatic heterocycles. The largest absolute Gasteiger partial charge is 0.495 e. The highest BCUT2D eigenvalue weighted by atomic mass is 16.5. The quantitative estimate of drug-likeness (QED) is 0.739. The molecule has 23 heavy (non-hydrogen) atoms. The molecule has 0 spiro atoms. The molecule has 0 saturated heterocycles. The van der Waals surface area contributed by atoms with Gasteiger partial charge in [-0.3, -0.25) is 19.8 Å². The lowest BCUT2D eigenvalue weighted by molar-refractivity contribution is -0.119. The Hall–Kier alpha value is -2.80. The lowest BCUT2D eigenvalue weighted by Gasteiger charge is -2.25. The fourth-order valence-electron chi connectivity index (χ4n) is 2.79. The van der Waals surface area contributed by atoms with Gasteiger partial charge < -0.3 is 16.2 Å². The van der Waals surface area contributed by atoms with Crippen molar-refractivity contribution >= 4 is 11.5 Å². The third-order valence-corrected chi connectivity index (χ3v) is 3.96. The number of hydrogen-bond donors (Lipinski definition) is 2. The van der Waals surface area contributed by atoms with Crippen molar-refractivity contribution in [1.29, 1.82) is 0 Å². The molecule has 2 atom stereocenters. The van der Waals surface area contributed by atoms with Gasteiger partial charge >= 0.3 is 0 Å². The Labute approximate surface area is 132 Å². The second-order valence-corrected chi connectivity index (χ2v) is 5.30. The van der Waals surface area contributed by atoms with Gasteiger partial charge in [0.1, 0.15) is 11.8 Å². The van der Waals surface area contributed by atoms with Crippen molar-refractivity contribution in [2.24, 2.45) is 16.5 Å². The number of primary amides is 1. The first-order chi connectivity index (χ1) is 11.0. The van der Waals surface area contributed by atoms with Crippen LogP contribution < -0.4 is 26.9 Å². The fourth-order valence-corrected chi connectivity index (χ4v) is 2.79. The van der Waals surface area contributed by atoms with Crippen LogP contribution >= 0.6 is 0 Å². The molecule has 2 unspecified atom stereocenters. The standard InChI is InChI=1S/C16H17N5O2/c1-8-9(6-19-7-11(8)23-2)12-13(17)15(16(18)22)21-10-4-3-5-20-14(10)12/h3-7,13,15H,17H2,1-2H3,(H2,18,22). The fraction of sp³-hybridized carbons (Fsp3) is 0.250. The Balaban J connectivity index is 2.37. The molecule has 0 aliphatic carbocycles. The predicted molar refractivity (Wildman–Crippen MR) is 84.0 cm³/mol. The summed E-state index contributed by atoms with van der Waals surface area (Å²) in [7, 11) is 1.58. The summed E-state index contributed by atoms with van der Waals surface area (Å²) < 4.78 is 5.32. The van der Waals surface area contributed by atoms with Crippen LogP contribution in [0, 0.1) is 6.92 Å². The highest BCUT2D eigenvalue weighted by Crippen LogP contribution is 2.27. The second-order valence-electron chi connectivity index (χ2n) is 5.30. The van der Waals surface area contributed by atoms with Crippen LogP contribution in [0.3, 0.4) is 0 Å². The Morgan fingerprint density at radius 1 is 1.35 bits per heavy atom. The van der Waals surface area contributed by atoms with Crippen molar-refractivity contribution in [3.63, 3.8) is 0 Å². The van der Waals surface area contributed by atoms with Gasteiger partial charge in [0.05, 0.1) is 30.1 Å². The summed E-state index contributed by atoms with van der Waals surface area (Å²) in [6.07, 6.45) is 4.98. The molecule has 7 heteroatoms. The zero-order valence-electron chi connectivity index (χ0n) is 12.9. The molecule has 3 heterocycles. The first kappa shape index (κ1) is 15.1. The summed E-state index contributed by atoms with van der Waals surface area (Å²) in [6.45, 7) is 1.91. The molecule has 1 aliphatic rings. The number of ether oxygens (including phenoxy) is 1. The van der Waals surface area contributed by atoms with E-state index in [-0.39, 0.29) is 0 Å². The minimum Gasteiger partial charge on any atom is -0.495 e. The lowest BCUT2D eigenvalue weighted by atomic mass is 9.89. The number of rotatable bonds is 3. The van der Waals surface area contributed by atoms with E-state index in [0.29, 0.717) is 22.0 Å². The topological polar surface area (TPSA) is 116 Å². The normalized spacial score (nSPS) is 19.7. The third-order valence-electron chi connectivity index (χ3n) is 3.96. The Morgan fingerprint density at radius 2 is 2.13 bits per heavy atom. The number of carbonyl (C=O) groups is 1. The Bertz CT molecular complexity index is 894. The van der Waals surface area contributed by atoms with E-state index in [4.69, 9.17) is 16.2 Å². The maximum Gasteiger partial charge on any atom is 0.244 e. The molecule has 0 aromatic carbocycles. The lowest BCUT2D eigenvalue weighted by Crippen LogP contribution is -2.52. The van der Waals surface area contributed by atoms with E-state index in [1.165, 1.54) is 0 Å². The minimum atomic E-state index is -0.840. The molecule has 1 amide bonds. The molecule has 7 nitrogen and oxygen atoms in total. The number of amides is 1. The number of nitrogens with zero attached hydrogens (tertiary/aromatic N) is 3. The number of aromatic nitrogens is 2. The first-order valence-corrected chi connectivity index (χ1v) is 7.11. The van der Waals surface area contributed by atoms with Crippen LogP contribution in [0.5, 0.6) is 5.75 Å². The van der Waals surface area contributed by atoms with Crippen molar-refractivity contribution in [1.82, 2.24) is 9.97 Å². The van der Waals surface area contributed by atoms with Gasteiger partial charge in [0.2, 0.25) is 5.91 Å². The van der Waals surface area contributed by atoms with Crippen LogP contribution in [0.25, 0.3) is 5.57 Å². The maximum atomic E-state index is 11.7. The van der Waals surface area contributed by atoms with Gasteiger partial charge in [-0.25, -0.2) is 0 Å². The van der Waals surface area contributed by atoms with E-state index in [1.54, 1.807) is 37.8 Å². The van der Waals surface area contributed by atoms with Gasteiger partial charge in [-0.2, -0.15) is 0 Å². The summed E-state index contributed by atoms with van der Waals surface area (Å²) in [5.41, 5.74) is 14.1. The van der Waals surface area contributed by atoms with Gasteiger partial charge in [0.25, 0.3) is 0 Å². The first-order valence-electron chi connectivity index (χ1n) is 7.11. The number of fused-ring (bicyclic) bond motifs is 1. The molecule has 1 aliphatic heterocycles. The molecule has 0 saturated carbocycles. The van der Waals surface area contributed by atoms with E-state index in [9.17, 15) is 4.79 Å². The Kier molecular flexibility index (Phi) is 3.79.